The first kappa shape index (κ1) is 16.3. The van der Waals surface area contributed by atoms with E-state index in [0.29, 0.717) is 12.6 Å². The monoisotopic (exact) mass is 283 g/mol. The van der Waals surface area contributed by atoms with E-state index in [1.54, 1.807) is 0 Å². The van der Waals surface area contributed by atoms with Crippen LogP contribution in [0.5, 0.6) is 0 Å². The molecular formula is C15H26ClN3. The molecule has 0 aliphatic carbocycles. The summed E-state index contributed by atoms with van der Waals surface area (Å²) in [6, 6.07) is 4.32. The van der Waals surface area contributed by atoms with Crippen molar-refractivity contribution in [2.24, 2.45) is 5.41 Å². The first-order valence-corrected chi connectivity index (χ1v) is 7.24. The van der Waals surface area contributed by atoms with Crippen molar-refractivity contribution in [3.8, 4) is 0 Å². The largest absolute Gasteiger partial charge is 0.356 e. The Morgan fingerprint density at radius 1 is 1.37 bits per heavy atom. The fraction of sp³-hybridized carbons (Fsp3) is 0.667. The Labute approximate surface area is 122 Å². The summed E-state index contributed by atoms with van der Waals surface area (Å²) in [7, 11) is 2.09. The van der Waals surface area contributed by atoms with Gasteiger partial charge in [-0.3, -0.25) is 0 Å². The molecule has 0 spiro atoms. The third kappa shape index (κ3) is 4.36. The normalized spacial score (nSPS) is 13.4. The third-order valence-electron chi connectivity index (χ3n) is 3.64. The zero-order chi connectivity index (χ0) is 14.6. The minimum absolute atomic E-state index is 0.206. The van der Waals surface area contributed by atoms with Gasteiger partial charge < -0.3 is 10.2 Å². The molecule has 0 radical (unpaired) electrons. The SMILES string of the molecule is CCNCc1nc(N(C)C(C)C(C)(C)C)ccc1Cl. The van der Waals surface area contributed by atoms with E-state index in [-0.39, 0.29) is 5.41 Å². The highest BCUT2D eigenvalue weighted by atomic mass is 35.5. The summed E-state index contributed by atoms with van der Waals surface area (Å²) in [6.45, 7) is 12.6. The predicted molar refractivity (Wildman–Crippen MR) is 83.9 cm³/mol. The van der Waals surface area contributed by atoms with E-state index in [4.69, 9.17) is 11.6 Å². The van der Waals surface area contributed by atoms with Crippen LogP contribution in [0.4, 0.5) is 5.82 Å². The van der Waals surface area contributed by atoms with Crippen molar-refractivity contribution in [3.63, 3.8) is 0 Å². The van der Waals surface area contributed by atoms with Crippen LogP contribution in [0.1, 0.15) is 40.3 Å². The van der Waals surface area contributed by atoms with Gasteiger partial charge in [0.2, 0.25) is 0 Å². The molecule has 0 bridgehead atoms. The summed E-state index contributed by atoms with van der Waals surface area (Å²) >= 11 is 6.19. The van der Waals surface area contributed by atoms with Crippen molar-refractivity contribution in [1.29, 1.82) is 0 Å². The number of nitrogens with one attached hydrogen (secondary N) is 1. The molecule has 0 amide bonds. The number of halogens is 1. The lowest BCUT2D eigenvalue weighted by Crippen LogP contribution is -2.39. The van der Waals surface area contributed by atoms with Gasteiger partial charge in [0.05, 0.1) is 10.7 Å². The van der Waals surface area contributed by atoms with E-state index in [2.05, 4.69) is 56.9 Å². The van der Waals surface area contributed by atoms with E-state index < -0.39 is 0 Å². The van der Waals surface area contributed by atoms with Crippen LogP contribution in [0.15, 0.2) is 12.1 Å². The van der Waals surface area contributed by atoms with Gasteiger partial charge >= 0.3 is 0 Å². The zero-order valence-corrected chi connectivity index (χ0v) is 13.7. The molecule has 19 heavy (non-hydrogen) atoms. The summed E-state index contributed by atoms with van der Waals surface area (Å²) in [4.78, 5) is 6.89. The maximum absolute atomic E-state index is 6.19. The molecule has 0 aromatic carbocycles. The summed E-state index contributed by atoms with van der Waals surface area (Å²) in [5, 5.41) is 3.99. The van der Waals surface area contributed by atoms with Crippen molar-refractivity contribution in [1.82, 2.24) is 10.3 Å². The van der Waals surface area contributed by atoms with Crippen molar-refractivity contribution < 1.29 is 0 Å². The highest BCUT2D eigenvalue weighted by Gasteiger charge is 2.25. The highest BCUT2D eigenvalue weighted by Crippen LogP contribution is 2.27. The van der Waals surface area contributed by atoms with Gasteiger partial charge in [-0.25, -0.2) is 4.98 Å². The second kappa shape index (κ2) is 6.58. The fourth-order valence-electron chi connectivity index (χ4n) is 1.82. The molecule has 4 heteroatoms. The lowest BCUT2D eigenvalue weighted by atomic mass is 9.87. The molecule has 1 unspecified atom stereocenters. The maximum atomic E-state index is 6.19. The van der Waals surface area contributed by atoms with Gasteiger partial charge in [-0.05, 0) is 31.0 Å². The molecule has 1 aromatic rings. The Morgan fingerprint density at radius 2 is 2.00 bits per heavy atom. The number of aromatic nitrogens is 1. The molecule has 0 aliphatic rings. The van der Waals surface area contributed by atoms with Crippen LogP contribution >= 0.6 is 11.6 Å². The number of hydrogen-bond donors (Lipinski definition) is 1. The van der Waals surface area contributed by atoms with E-state index in [9.17, 15) is 0 Å². The van der Waals surface area contributed by atoms with Crippen LogP contribution in [-0.4, -0.2) is 24.6 Å². The van der Waals surface area contributed by atoms with Crippen LogP contribution in [0.25, 0.3) is 0 Å². The molecule has 0 aliphatic heterocycles. The molecule has 1 atom stereocenters. The highest BCUT2D eigenvalue weighted by molar-refractivity contribution is 6.31. The molecule has 3 nitrogen and oxygen atoms in total. The summed E-state index contributed by atoms with van der Waals surface area (Å²) < 4.78 is 0. The van der Waals surface area contributed by atoms with Crippen LogP contribution in [0, 0.1) is 5.41 Å². The Kier molecular flexibility index (Phi) is 5.63. The quantitative estimate of drug-likeness (QED) is 0.893. The second-order valence-electron chi connectivity index (χ2n) is 6.03. The first-order chi connectivity index (χ1) is 8.77. The molecule has 1 aromatic heterocycles. The van der Waals surface area contributed by atoms with Gasteiger partial charge in [0.1, 0.15) is 5.82 Å². The van der Waals surface area contributed by atoms with Crippen molar-refractivity contribution in [2.45, 2.75) is 47.2 Å². The average molecular weight is 284 g/mol. The van der Waals surface area contributed by atoms with Gasteiger partial charge in [0, 0.05) is 19.6 Å². The lowest BCUT2D eigenvalue weighted by molar-refractivity contribution is 0.328. The van der Waals surface area contributed by atoms with Gasteiger partial charge in [-0.1, -0.05) is 39.3 Å². The van der Waals surface area contributed by atoms with Crippen LogP contribution in [-0.2, 0) is 6.54 Å². The molecule has 0 saturated heterocycles. The minimum Gasteiger partial charge on any atom is -0.356 e. The molecule has 1 heterocycles. The molecule has 0 saturated carbocycles. The number of hydrogen-bond acceptors (Lipinski definition) is 3. The second-order valence-corrected chi connectivity index (χ2v) is 6.44. The number of nitrogens with zero attached hydrogens (tertiary/aromatic N) is 2. The van der Waals surface area contributed by atoms with Crippen LogP contribution in [0.2, 0.25) is 5.02 Å². The van der Waals surface area contributed by atoms with E-state index in [1.165, 1.54) is 0 Å². The van der Waals surface area contributed by atoms with Crippen LogP contribution < -0.4 is 10.2 Å². The Morgan fingerprint density at radius 3 is 2.53 bits per heavy atom. The topological polar surface area (TPSA) is 28.2 Å². The molecule has 1 rings (SSSR count). The summed E-state index contributed by atoms with van der Waals surface area (Å²) in [5.41, 5.74) is 1.12. The van der Waals surface area contributed by atoms with Gasteiger partial charge in [-0.2, -0.15) is 0 Å². The number of anilines is 1. The van der Waals surface area contributed by atoms with Crippen molar-refractivity contribution in [2.75, 3.05) is 18.5 Å². The third-order valence-corrected chi connectivity index (χ3v) is 3.99. The minimum atomic E-state index is 0.206. The fourth-order valence-corrected chi connectivity index (χ4v) is 1.99. The van der Waals surface area contributed by atoms with Gasteiger partial charge in [0.15, 0.2) is 0 Å². The number of pyridine rings is 1. The lowest BCUT2D eigenvalue weighted by Gasteiger charge is -2.36. The van der Waals surface area contributed by atoms with E-state index >= 15 is 0 Å². The molecule has 0 fully saturated rings. The Balaban J connectivity index is 2.95. The van der Waals surface area contributed by atoms with E-state index in [1.807, 2.05) is 12.1 Å². The Hall–Kier alpha value is -0.800. The van der Waals surface area contributed by atoms with Gasteiger partial charge in [0.25, 0.3) is 0 Å². The van der Waals surface area contributed by atoms with Gasteiger partial charge in [-0.15, -0.1) is 0 Å². The predicted octanol–water partition coefficient (Wildman–Crippen LogP) is 3.72. The summed E-state index contributed by atoms with van der Waals surface area (Å²) in [6.07, 6.45) is 0. The molecular weight excluding hydrogens is 258 g/mol. The maximum Gasteiger partial charge on any atom is 0.128 e. The van der Waals surface area contributed by atoms with Crippen molar-refractivity contribution in [3.05, 3.63) is 22.8 Å². The number of rotatable bonds is 5. The van der Waals surface area contributed by atoms with Crippen LogP contribution in [0.3, 0.4) is 0 Å². The smallest absolute Gasteiger partial charge is 0.128 e. The standard InChI is InChI=1S/C15H26ClN3/c1-7-17-10-13-12(16)8-9-14(18-13)19(6)11(2)15(3,4)5/h8-9,11,17H,7,10H2,1-6H3. The zero-order valence-electron chi connectivity index (χ0n) is 12.9. The van der Waals surface area contributed by atoms with E-state index in [0.717, 1.165) is 23.1 Å². The first-order valence-electron chi connectivity index (χ1n) is 6.86. The molecule has 1 N–H and O–H groups in total. The Bertz CT molecular complexity index is 412. The summed E-state index contributed by atoms with van der Waals surface area (Å²) in [5.74, 6) is 0.972. The molecule has 108 valence electrons. The van der Waals surface area contributed by atoms with Crippen molar-refractivity contribution >= 4 is 17.4 Å². The average Bonchev–Trinajstić information content (AvgIpc) is 2.35.